The molecule has 0 atom stereocenters. The molecular weight excluding hydrogens is 250 g/mol. The molecule has 0 spiro atoms. The van der Waals surface area contributed by atoms with Crippen LogP contribution < -0.4 is 5.73 Å². The van der Waals surface area contributed by atoms with E-state index in [2.05, 4.69) is 18.8 Å². The first-order chi connectivity index (χ1) is 8.49. The van der Waals surface area contributed by atoms with Gasteiger partial charge in [0.05, 0.1) is 5.02 Å². The van der Waals surface area contributed by atoms with Gasteiger partial charge in [0.25, 0.3) is 5.91 Å². The number of halogens is 1. The average molecular weight is 268 g/mol. The van der Waals surface area contributed by atoms with E-state index in [4.69, 9.17) is 17.3 Å². The molecule has 1 amide bonds. The van der Waals surface area contributed by atoms with Gasteiger partial charge in [-0.1, -0.05) is 25.4 Å². The molecule has 1 fully saturated rings. The maximum Gasteiger partial charge on any atom is 0.274 e. The van der Waals surface area contributed by atoms with Gasteiger partial charge in [-0.05, 0) is 30.9 Å². The minimum absolute atomic E-state index is 0.108. The van der Waals surface area contributed by atoms with Gasteiger partial charge in [-0.15, -0.1) is 0 Å². The lowest BCUT2D eigenvalue weighted by Crippen LogP contribution is -2.36. The summed E-state index contributed by atoms with van der Waals surface area (Å²) in [4.78, 5) is 18.4. The molecule has 2 rings (SSSR count). The van der Waals surface area contributed by atoms with E-state index < -0.39 is 0 Å². The molecule has 5 heteroatoms. The van der Waals surface area contributed by atoms with Crippen molar-refractivity contribution in [3.8, 4) is 0 Å². The molecule has 1 saturated carbocycles. The topological polar surface area (TPSA) is 59.2 Å². The number of carbonyl (C=O) groups is 1. The van der Waals surface area contributed by atoms with E-state index in [1.165, 1.54) is 0 Å². The van der Waals surface area contributed by atoms with E-state index in [0.717, 1.165) is 19.4 Å². The quantitative estimate of drug-likeness (QED) is 0.912. The Bertz CT molecular complexity index is 458. The number of nitrogens with two attached hydrogens (primary N) is 1. The summed E-state index contributed by atoms with van der Waals surface area (Å²) < 4.78 is 0. The Morgan fingerprint density at radius 1 is 1.56 bits per heavy atom. The first-order valence-corrected chi connectivity index (χ1v) is 6.60. The largest absolute Gasteiger partial charge is 0.384 e. The van der Waals surface area contributed by atoms with Crippen molar-refractivity contribution in [1.29, 1.82) is 0 Å². The highest BCUT2D eigenvalue weighted by Gasteiger charge is 2.34. The van der Waals surface area contributed by atoms with Crippen LogP contribution in [0.2, 0.25) is 5.02 Å². The van der Waals surface area contributed by atoms with Crippen molar-refractivity contribution in [2.24, 2.45) is 5.92 Å². The summed E-state index contributed by atoms with van der Waals surface area (Å²) in [6, 6.07) is 3.57. The van der Waals surface area contributed by atoms with E-state index in [9.17, 15) is 4.79 Å². The molecule has 18 heavy (non-hydrogen) atoms. The fraction of sp³-hybridized carbons (Fsp3) is 0.538. The standard InChI is InChI=1S/C13H18ClN3O/c1-8(2)7-17(9-3-4-9)13(18)12-10(14)5-6-11(15)16-12/h5-6,8-9H,3-4,7H2,1-2H3,(H2,15,16). The Balaban J connectivity index is 2.24. The number of carbonyl (C=O) groups excluding carboxylic acids is 1. The summed E-state index contributed by atoms with van der Waals surface area (Å²) in [6.07, 6.45) is 2.14. The summed E-state index contributed by atoms with van der Waals surface area (Å²) >= 11 is 6.03. The van der Waals surface area contributed by atoms with Crippen molar-refractivity contribution < 1.29 is 4.79 Å². The number of pyridine rings is 1. The molecule has 0 radical (unpaired) electrons. The van der Waals surface area contributed by atoms with Crippen molar-refractivity contribution >= 4 is 23.3 Å². The maximum atomic E-state index is 12.5. The Labute approximate surface area is 112 Å². The highest BCUT2D eigenvalue weighted by molar-refractivity contribution is 6.33. The van der Waals surface area contributed by atoms with E-state index >= 15 is 0 Å². The molecular formula is C13H18ClN3O. The molecule has 0 aromatic carbocycles. The molecule has 4 nitrogen and oxygen atoms in total. The van der Waals surface area contributed by atoms with Crippen LogP contribution in [0.1, 0.15) is 37.2 Å². The van der Waals surface area contributed by atoms with Gasteiger partial charge in [0.1, 0.15) is 11.5 Å². The fourth-order valence-electron chi connectivity index (χ4n) is 1.92. The number of anilines is 1. The minimum atomic E-state index is -0.108. The van der Waals surface area contributed by atoms with E-state index in [0.29, 0.717) is 22.8 Å². The third kappa shape index (κ3) is 2.93. The smallest absolute Gasteiger partial charge is 0.274 e. The van der Waals surface area contributed by atoms with Gasteiger partial charge in [-0.2, -0.15) is 0 Å². The average Bonchev–Trinajstić information content (AvgIpc) is 3.12. The second kappa shape index (κ2) is 5.14. The number of hydrogen-bond acceptors (Lipinski definition) is 3. The van der Waals surface area contributed by atoms with Crippen LogP contribution in [0.5, 0.6) is 0 Å². The van der Waals surface area contributed by atoms with Crippen molar-refractivity contribution in [2.45, 2.75) is 32.7 Å². The zero-order valence-electron chi connectivity index (χ0n) is 10.7. The predicted molar refractivity (Wildman–Crippen MR) is 72.6 cm³/mol. The number of amides is 1. The third-order valence-electron chi connectivity index (χ3n) is 2.88. The second-order valence-electron chi connectivity index (χ2n) is 5.15. The first-order valence-electron chi connectivity index (χ1n) is 6.22. The maximum absolute atomic E-state index is 12.5. The van der Waals surface area contributed by atoms with Gasteiger partial charge >= 0.3 is 0 Å². The number of nitrogens with zero attached hydrogens (tertiary/aromatic N) is 2. The summed E-state index contributed by atoms with van der Waals surface area (Å²) in [5.41, 5.74) is 5.89. The van der Waals surface area contributed by atoms with Gasteiger partial charge < -0.3 is 10.6 Å². The fourth-order valence-corrected chi connectivity index (χ4v) is 2.11. The molecule has 1 aliphatic carbocycles. The number of hydrogen-bond donors (Lipinski definition) is 1. The zero-order chi connectivity index (χ0) is 13.3. The summed E-state index contributed by atoms with van der Waals surface area (Å²) in [7, 11) is 0. The Kier molecular flexibility index (Phi) is 3.76. The molecule has 0 unspecified atom stereocenters. The minimum Gasteiger partial charge on any atom is -0.384 e. The van der Waals surface area contributed by atoms with Crippen molar-refractivity contribution in [3.63, 3.8) is 0 Å². The highest BCUT2D eigenvalue weighted by atomic mass is 35.5. The van der Waals surface area contributed by atoms with Crippen LogP contribution >= 0.6 is 11.6 Å². The molecule has 1 aromatic rings. The Hall–Kier alpha value is -1.29. The van der Waals surface area contributed by atoms with Crippen LogP contribution in [0.3, 0.4) is 0 Å². The second-order valence-corrected chi connectivity index (χ2v) is 5.56. The molecule has 1 heterocycles. The van der Waals surface area contributed by atoms with E-state index in [1.807, 2.05) is 4.90 Å². The van der Waals surface area contributed by atoms with Crippen LogP contribution in [0.4, 0.5) is 5.82 Å². The van der Waals surface area contributed by atoms with Crippen molar-refractivity contribution in [1.82, 2.24) is 9.88 Å². The van der Waals surface area contributed by atoms with Crippen LogP contribution in [0, 0.1) is 5.92 Å². The SMILES string of the molecule is CC(C)CN(C(=O)c1nc(N)ccc1Cl)C1CC1. The molecule has 0 saturated heterocycles. The Morgan fingerprint density at radius 3 is 2.78 bits per heavy atom. The van der Waals surface area contributed by atoms with Crippen molar-refractivity contribution in [3.05, 3.63) is 22.8 Å². The number of nitrogen functional groups attached to an aromatic ring is 1. The molecule has 0 aliphatic heterocycles. The molecule has 1 aromatic heterocycles. The molecule has 2 N–H and O–H groups in total. The van der Waals surface area contributed by atoms with E-state index in [1.54, 1.807) is 12.1 Å². The molecule has 0 bridgehead atoms. The van der Waals surface area contributed by atoms with Crippen LogP contribution in [0.15, 0.2) is 12.1 Å². The predicted octanol–water partition coefficient (Wildman–Crippen LogP) is 2.58. The lowest BCUT2D eigenvalue weighted by molar-refractivity contribution is 0.0717. The monoisotopic (exact) mass is 267 g/mol. The van der Waals surface area contributed by atoms with Gasteiger partial charge in [0.15, 0.2) is 0 Å². The summed E-state index contributed by atoms with van der Waals surface area (Å²) in [5.74, 6) is 0.640. The van der Waals surface area contributed by atoms with Gasteiger partial charge in [-0.25, -0.2) is 4.98 Å². The lowest BCUT2D eigenvalue weighted by atomic mass is 10.2. The first kappa shape index (κ1) is 13.1. The Morgan fingerprint density at radius 2 is 2.22 bits per heavy atom. The van der Waals surface area contributed by atoms with Crippen molar-refractivity contribution in [2.75, 3.05) is 12.3 Å². The molecule has 98 valence electrons. The lowest BCUT2D eigenvalue weighted by Gasteiger charge is -2.24. The normalized spacial score (nSPS) is 14.9. The van der Waals surface area contributed by atoms with E-state index in [-0.39, 0.29) is 11.6 Å². The summed E-state index contributed by atoms with van der Waals surface area (Å²) in [5, 5.41) is 0.364. The number of aromatic nitrogens is 1. The summed E-state index contributed by atoms with van der Waals surface area (Å²) in [6.45, 7) is 4.92. The zero-order valence-corrected chi connectivity index (χ0v) is 11.4. The van der Waals surface area contributed by atoms with Gasteiger partial charge in [-0.3, -0.25) is 4.79 Å². The van der Waals surface area contributed by atoms with Crippen LogP contribution in [0.25, 0.3) is 0 Å². The van der Waals surface area contributed by atoms with Crippen LogP contribution in [-0.2, 0) is 0 Å². The number of rotatable bonds is 4. The third-order valence-corrected chi connectivity index (χ3v) is 3.19. The van der Waals surface area contributed by atoms with Gasteiger partial charge in [0.2, 0.25) is 0 Å². The van der Waals surface area contributed by atoms with Gasteiger partial charge in [0, 0.05) is 12.6 Å². The van der Waals surface area contributed by atoms with Crippen LogP contribution in [-0.4, -0.2) is 28.4 Å². The molecule has 1 aliphatic rings. The highest BCUT2D eigenvalue weighted by Crippen LogP contribution is 2.30.